The van der Waals surface area contributed by atoms with Crippen molar-refractivity contribution in [2.45, 2.75) is 68.4 Å². The van der Waals surface area contributed by atoms with Gasteiger partial charge >= 0.3 is 5.97 Å². The molecule has 2 aromatic rings. The van der Waals surface area contributed by atoms with E-state index < -0.39 is 20.6 Å². The summed E-state index contributed by atoms with van der Waals surface area (Å²) in [4.78, 5) is 15.9. The third-order valence-corrected chi connectivity index (χ3v) is 9.41. The molecule has 0 saturated carbocycles. The molecule has 0 bridgehead atoms. The largest absolute Gasteiger partial charge is 0.497 e. The summed E-state index contributed by atoms with van der Waals surface area (Å²) >= 11 is 0. The Bertz CT molecular complexity index is 1080. The fourth-order valence-electron chi connectivity index (χ4n) is 4.93. The fourth-order valence-corrected chi connectivity index (χ4v) is 6.99. The minimum absolute atomic E-state index is 0.0160. The van der Waals surface area contributed by atoms with E-state index in [4.69, 9.17) is 14.2 Å². The Kier molecular flexibility index (Phi) is 10.8. The van der Waals surface area contributed by atoms with Crippen LogP contribution in [0, 0.1) is 0 Å². The Balaban J connectivity index is 1.80. The van der Waals surface area contributed by atoms with Crippen molar-refractivity contribution in [2.24, 2.45) is 0 Å². The first-order valence-corrected chi connectivity index (χ1v) is 14.8. The summed E-state index contributed by atoms with van der Waals surface area (Å²) in [7, 11) is -2.56. The summed E-state index contributed by atoms with van der Waals surface area (Å²) in [6, 6.07) is 13.5. The second kappa shape index (κ2) is 13.8. The van der Waals surface area contributed by atoms with Crippen LogP contribution in [0.2, 0.25) is 0 Å². The van der Waals surface area contributed by atoms with E-state index in [-0.39, 0.29) is 24.3 Å². The van der Waals surface area contributed by atoms with Crippen LogP contribution in [0.15, 0.2) is 53.4 Å². The number of esters is 1. The summed E-state index contributed by atoms with van der Waals surface area (Å²) < 4.78 is 42.7. The van der Waals surface area contributed by atoms with Gasteiger partial charge in [0.05, 0.1) is 18.6 Å². The Hall–Kier alpha value is -2.58. The van der Waals surface area contributed by atoms with E-state index >= 15 is 0 Å². The molecule has 0 radical (unpaired) electrons. The quantitative estimate of drug-likeness (QED) is 0.334. The molecule has 0 aromatic heterocycles. The van der Waals surface area contributed by atoms with E-state index in [1.807, 2.05) is 31.2 Å². The lowest BCUT2D eigenvalue weighted by atomic mass is 9.94. The predicted molar refractivity (Wildman–Crippen MR) is 145 cm³/mol. The number of ether oxygens (including phenoxy) is 3. The monoisotopic (exact) mass is 531 g/mol. The summed E-state index contributed by atoms with van der Waals surface area (Å²) in [5.41, 5.74) is 0.735. The third kappa shape index (κ3) is 7.26. The summed E-state index contributed by atoms with van der Waals surface area (Å²) in [6.45, 7) is 7.41. The van der Waals surface area contributed by atoms with Crippen molar-refractivity contribution in [1.82, 2.24) is 4.90 Å². The van der Waals surface area contributed by atoms with Gasteiger partial charge in [-0.15, -0.1) is 0 Å². The van der Waals surface area contributed by atoms with Crippen LogP contribution in [-0.2, 0) is 25.8 Å². The fraction of sp³-hybridized carbons (Fsp3) is 0.552. The first-order valence-electron chi connectivity index (χ1n) is 13.4. The number of hydrogen-bond acceptors (Lipinski definition) is 7. The topological polar surface area (TPSA) is 82.1 Å². The maximum Gasteiger partial charge on any atom is 0.328 e. The van der Waals surface area contributed by atoms with Crippen molar-refractivity contribution in [1.29, 1.82) is 0 Å². The minimum Gasteiger partial charge on any atom is -0.497 e. The number of rotatable bonds is 13. The Labute approximate surface area is 222 Å². The molecular weight excluding hydrogens is 490 g/mol. The molecule has 1 heterocycles. The molecule has 1 fully saturated rings. The molecule has 1 atom stereocenters. The van der Waals surface area contributed by atoms with Gasteiger partial charge in [0.15, 0.2) is 14.6 Å². The average molecular weight is 532 g/mol. The van der Waals surface area contributed by atoms with Crippen molar-refractivity contribution >= 4 is 15.8 Å². The molecule has 3 rings (SSSR count). The van der Waals surface area contributed by atoms with E-state index in [1.54, 1.807) is 19.1 Å². The van der Waals surface area contributed by atoms with E-state index in [0.29, 0.717) is 18.8 Å². The number of likely N-dealkylation sites (tertiary alicyclic amines) is 1. The van der Waals surface area contributed by atoms with E-state index in [2.05, 4.69) is 4.90 Å². The zero-order valence-electron chi connectivity index (χ0n) is 22.4. The summed E-state index contributed by atoms with van der Waals surface area (Å²) in [5, 5.41) is 0. The molecule has 0 amide bonds. The molecule has 7 nitrogen and oxygen atoms in total. The average Bonchev–Trinajstić information content (AvgIpc) is 3.18. The highest BCUT2D eigenvalue weighted by Gasteiger charge is 2.52. The number of methoxy groups -OCH3 is 1. The molecule has 1 aliphatic heterocycles. The van der Waals surface area contributed by atoms with Gasteiger partial charge in [0.1, 0.15) is 18.1 Å². The number of carbonyl (C=O) groups excluding carboxylic acids is 1. The van der Waals surface area contributed by atoms with Crippen LogP contribution < -0.4 is 9.47 Å². The SMILES string of the molecule is CCCC(Cc1ccc(OCCN2CCCCCC2)cc1)(C(=O)OCC)S(=O)(=O)c1ccc(OC)cc1. The highest BCUT2D eigenvalue weighted by molar-refractivity contribution is 7.93. The highest BCUT2D eigenvalue weighted by atomic mass is 32.2. The van der Waals surface area contributed by atoms with E-state index in [0.717, 1.165) is 30.9 Å². The van der Waals surface area contributed by atoms with Crippen molar-refractivity contribution in [2.75, 3.05) is 40.0 Å². The molecule has 1 unspecified atom stereocenters. The molecule has 0 aliphatic carbocycles. The zero-order valence-corrected chi connectivity index (χ0v) is 23.2. The molecular formula is C29H41NO6S. The summed E-state index contributed by atoms with van der Waals surface area (Å²) in [6.07, 6.45) is 5.77. The van der Waals surface area contributed by atoms with Crippen LogP contribution in [0.4, 0.5) is 0 Å². The molecule has 1 saturated heterocycles. The van der Waals surface area contributed by atoms with Crippen molar-refractivity contribution in [3.05, 3.63) is 54.1 Å². The number of sulfone groups is 1. The first kappa shape index (κ1) is 29.0. The van der Waals surface area contributed by atoms with Gasteiger partial charge in [-0.2, -0.15) is 0 Å². The van der Waals surface area contributed by atoms with Gasteiger partial charge < -0.3 is 14.2 Å². The van der Waals surface area contributed by atoms with Gasteiger partial charge in [0, 0.05) is 13.0 Å². The molecule has 204 valence electrons. The van der Waals surface area contributed by atoms with Gasteiger partial charge in [0.2, 0.25) is 0 Å². The van der Waals surface area contributed by atoms with Gasteiger partial charge in [-0.05, 0) is 81.2 Å². The Morgan fingerprint density at radius 1 is 0.919 bits per heavy atom. The second-order valence-corrected chi connectivity index (χ2v) is 11.8. The maximum absolute atomic E-state index is 14.0. The standard InChI is InChI=1S/C29H41NO6S/c1-4-18-29(28(31)35-5-2,37(32,33)27-16-14-25(34-3)15-17-27)23-24-10-12-26(13-11-24)36-22-21-30-19-8-6-7-9-20-30/h10-17H,4-9,18-23H2,1-3H3. The Morgan fingerprint density at radius 2 is 1.54 bits per heavy atom. The highest BCUT2D eigenvalue weighted by Crippen LogP contribution is 2.36. The lowest BCUT2D eigenvalue weighted by molar-refractivity contribution is -0.146. The van der Waals surface area contributed by atoms with Crippen molar-refractivity contribution < 1.29 is 27.4 Å². The first-order chi connectivity index (χ1) is 17.9. The van der Waals surface area contributed by atoms with E-state index in [1.165, 1.54) is 44.9 Å². The van der Waals surface area contributed by atoms with Crippen LogP contribution in [0.25, 0.3) is 0 Å². The molecule has 1 aliphatic rings. The minimum atomic E-state index is -4.08. The van der Waals surface area contributed by atoms with Crippen LogP contribution in [0.1, 0.15) is 57.9 Å². The van der Waals surface area contributed by atoms with Crippen molar-refractivity contribution in [3.8, 4) is 11.5 Å². The lowest BCUT2D eigenvalue weighted by Gasteiger charge is -2.31. The van der Waals surface area contributed by atoms with Crippen LogP contribution in [0.3, 0.4) is 0 Å². The van der Waals surface area contributed by atoms with Crippen LogP contribution >= 0.6 is 0 Å². The Morgan fingerprint density at radius 3 is 2.11 bits per heavy atom. The number of nitrogens with zero attached hydrogens (tertiary/aromatic N) is 1. The number of hydrogen-bond donors (Lipinski definition) is 0. The smallest absolute Gasteiger partial charge is 0.328 e. The van der Waals surface area contributed by atoms with Gasteiger partial charge in [0.25, 0.3) is 0 Å². The second-order valence-electron chi connectivity index (χ2n) is 9.57. The van der Waals surface area contributed by atoms with Gasteiger partial charge in [-0.25, -0.2) is 8.42 Å². The predicted octanol–water partition coefficient (Wildman–Crippen LogP) is 5.07. The molecule has 2 aromatic carbocycles. The molecule has 0 spiro atoms. The molecule has 0 N–H and O–H groups in total. The van der Waals surface area contributed by atoms with Gasteiger partial charge in [-0.3, -0.25) is 9.69 Å². The van der Waals surface area contributed by atoms with Crippen LogP contribution in [0.5, 0.6) is 11.5 Å². The summed E-state index contributed by atoms with van der Waals surface area (Å²) in [5.74, 6) is 0.557. The van der Waals surface area contributed by atoms with Gasteiger partial charge in [-0.1, -0.05) is 38.3 Å². The normalized spacial score (nSPS) is 16.4. The van der Waals surface area contributed by atoms with Crippen LogP contribution in [-0.4, -0.2) is 64.0 Å². The maximum atomic E-state index is 14.0. The van der Waals surface area contributed by atoms with Crippen molar-refractivity contribution in [3.63, 3.8) is 0 Å². The zero-order chi connectivity index (χ0) is 26.7. The number of benzene rings is 2. The third-order valence-electron chi connectivity index (χ3n) is 6.97. The molecule has 8 heteroatoms. The number of carbonyl (C=O) groups is 1. The lowest BCUT2D eigenvalue weighted by Crippen LogP contribution is -2.49. The molecule has 37 heavy (non-hydrogen) atoms. The van der Waals surface area contributed by atoms with E-state index in [9.17, 15) is 13.2 Å².